The Labute approximate surface area is 142 Å². The van der Waals surface area contributed by atoms with Gasteiger partial charge >= 0.3 is 0 Å². The van der Waals surface area contributed by atoms with Gasteiger partial charge < -0.3 is 5.32 Å². The fourth-order valence-corrected chi connectivity index (χ4v) is 2.02. The maximum absolute atomic E-state index is 12.0. The van der Waals surface area contributed by atoms with Crippen LogP contribution in [0.25, 0.3) is 0 Å². The van der Waals surface area contributed by atoms with Crippen LogP contribution < -0.4 is 10.7 Å². The van der Waals surface area contributed by atoms with Gasteiger partial charge in [0.25, 0.3) is 11.8 Å². The monoisotopic (exact) mass is 373 g/mol. The molecule has 6 heteroatoms. The summed E-state index contributed by atoms with van der Waals surface area (Å²) in [5.74, 6) is -0.687. The number of nitrogens with one attached hydrogen (secondary N) is 2. The van der Waals surface area contributed by atoms with Crippen LogP contribution in [0.1, 0.15) is 22.8 Å². The number of amides is 2. The fourth-order valence-electron chi connectivity index (χ4n) is 1.75. The Hall–Kier alpha value is -2.47. The summed E-state index contributed by atoms with van der Waals surface area (Å²) in [6.07, 6.45) is 1.54. The van der Waals surface area contributed by atoms with Crippen molar-refractivity contribution in [2.24, 2.45) is 5.10 Å². The van der Waals surface area contributed by atoms with E-state index in [1.54, 1.807) is 31.2 Å². The lowest BCUT2D eigenvalue weighted by Gasteiger charge is -2.12. The van der Waals surface area contributed by atoms with Crippen LogP contribution in [0.3, 0.4) is 0 Å². The summed E-state index contributed by atoms with van der Waals surface area (Å²) in [6, 6.07) is 15.5. The van der Waals surface area contributed by atoms with Gasteiger partial charge in [-0.05, 0) is 36.8 Å². The van der Waals surface area contributed by atoms with Crippen molar-refractivity contribution in [1.82, 2.24) is 10.7 Å². The Morgan fingerprint density at radius 2 is 1.74 bits per heavy atom. The lowest BCUT2D eigenvalue weighted by molar-refractivity contribution is -0.122. The van der Waals surface area contributed by atoms with Crippen molar-refractivity contribution in [3.8, 4) is 0 Å². The maximum Gasteiger partial charge on any atom is 0.262 e. The molecule has 0 saturated heterocycles. The first kappa shape index (κ1) is 16.9. The topological polar surface area (TPSA) is 70.6 Å². The van der Waals surface area contributed by atoms with Crippen molar-refractivity contribution >= 4 is 34.0 Å². The van der Waals surface area contributed by atoms with E-state index in [-0.39, 0.29) is 11.8 Å². The molecule has 5 nitrogen and oxygen atoms in total. The van der Waals surface area contributed by atoms with Crippen LogP contribution in [0, 0.1) is 0 Å². The molecule has 0 aliphatic carbocycles. The highest BCUT2D eigenvalue weighted by molar-refractivity contribution is 9.10. The predicted octanol–water partition coefficient (Wildman–Crippen LogP) is 2.72. The maximum atomic E-state index is 12.0. The van der Waals surface area contributed by atoms with Crippen LogP contribution in [0.15, 0.2) is 64.2 Å². The first-order valence-corrected chi connectivity index (χ1v) is 7.80. The number of nitrogens with zero attached hydrogens (tertiary/aromatic N) is 1. The summed E-state index contributed by atoms with van der Waals surface area (Å²) in [6.45, 7) is 1.60. The van der Waals surface area contributed by atoms with E-state index in [1.165, 1.54) is 6.21 Å². The molecule has 2 aromatic carbocycles. The standard InChI is InChI=1S/C17H16BrN3O2/c1-12(20-17(23)14-5-3-2-4-6-14)16(22)21-19-11-13-7-9-15(18)10-8-13/h2-12H,1H3,(H,20,23)(H,21,22)/t12-/m1/s1. The highest BCUT2D eigenvalue weighted by Gasteiger charge is 2.15. The zero-order valence-electron chi connectivity index (χ0n) is 12.5. The molecule has 0 heterocycles. The molecule has 0 fully saturated rings. The summed E-state index contributed by atoms with van der Waals surface area (Å²) in [5, 5.41) is 6.50. The van der Waals surface area contributed by atoms with Crippen molar-refractivity contribution < 1.29 is 9.59 Å². The summed E-state index contributed by atoms with van der Waals surface area (Å²) in [5.41, 5.74) is 3.77. The molecule has 0 bridgehead atoms. The molecule has 0 aromatic heterocycles. The van der Waals surface area contributed by atoms with Gasteiger partial charge in [-0.2, -0.15) is 5.10 Å². The molecule has 2 rings (SSSR count). The second-order valence-corrected chi connectivity index (χ2v) is 5.76. The highest BCUT2D eigenvalue weighted by Crippen LogP contribution is 2.08. The Balaban J connectivity index is 1.85. The minimum atomic E-state index is -0.690. The van der Waals surface area contributed by atoms with Crippen molar-refractivity contribution in [1.29, 1.82) is 0 Å². The van der Waals surface area contributed by atoms with Crippen molar-refractivity contribution in [3.05, 3.63) is 70.2 Å². The average Bonchev–Trinajstić information content (AvgIpc) is 2.57. The molecule has 1 atom stereocenters. The molecule has 0 aliphatic heterocycles. The Bertz CT molecular complexity index is 700. The van der Waals surface area contributed by atoms with Crippen molar-refractivity contribution in [2.45, 2.75) is 13.0 Å². The van der Waals surface area contributed by atoms with E-state index in [4.69, 9.17) is 0 Å². The van der Waals surface area contributed by atoms with Gasteiger partial charge in [0.05, 0.1) is 6.21 Å². The quantitative estimate of drug-likeness (QED) is 0.624. The molecule has 0 spiro atoms. The van der Waals surface area contributed by atoms with Crippen molar-refractivity contribution in [2.75, 3.05) is 0 Å². The number of benzene rings is 2. The largest absolute Gasteiger partial charge is 0.340 e. The third kappa shape index (κ3) is 5.34. The number of carbonyl (C=O) groups is 2. The van der Waals surface area contributed by atoms with E-state index in [2.05, 4.69) is 31.8 Å². The van der Waals surface area contributed by atoms with Crippen LogP contribution in [0.4, 0.5) is 0 Å². The molecule has 0 aliphatic rings. The van der Waals surface area contributed by atoms with Gasteiger partial charge in [0.1, 0.15) is 6.04 Å². The molecule has 118 valence electrons. The molecular formula is C17H16BrN3O2. The van der Waals surface area contributed by atoms with Crippen LogP contribution in [0.5, 0.6) is 0 Å². The number of hydrogen-bond acceptors (Lipinski definition) is 3. The molecule has 0 saturated carbocycles. The Kier molecular flexibility index (Phi) is 6.05. The van der Waals surface area contributed by atoms with Crippen LogP contribution >= 0.6 is 15.9 Å². The molecule has 2 aromatic rings. The third-order valence-electron chi connectivity index (χ3n) is 3.04. The van der Waals surface area contributed by atoms with Crippen LogP contribution in [-0.4, -0.2) is 24.1 Å². The van der Waals surface area contributed by atoms with Gasteiger partial charge in [-0.25, -0.2) is 5.43 Å². The SMILES string of the molecule is C[C@@H](NC(=O)c1ccccc1)C(=O)NN=Cc1ccc(Br)cc1. The predicted molar refractivity (Wildman–Crippen MR) is 93.2 cm³/mol. The highest BCUT2D eigenvalue weighted by atomic mass is 79.9. The number of hydrogen-bond donors (Lipinski definition) is 2. The second-order valence-electron chi connectivity index (χ2n) is 4.85. The first-order chi connectivity index (χ1) is 11.1. The van der Waals surface area contributed by atoms with E-state index < -0.39 is 6.04 Å². The zero-order chi connectivity index (χ0) is 16.7. The summed E-state index contributed by atoms with van der Waals surface area (Å²) >= 11 is 3.34. The second kappa shape index (κ2) is 8.24. The minimum Gasteiger partial charge on any atom is -0.340 e. The van der Waals surface area contributed by atoms with Gasteiger partial charge in [0.2, 0.25) is 0 Å². The number of carbonyl (C=O) groups excluding carboxylic acids is 2. The van der Waals surface area contributed by atoms with E-state index >= 15 is 0 Å². The molecular weight excluding hydrogens is 358 g/mol. The van der Waals surface area contributed by atoms with Gasteiger partial charge in [0, 0.05) is 10.0 Å². The van der Waals surface area contributed by atoms with E-state index in [9.17, 15) is 9.59 Å². The first-order valence-electron chi connectivity index (χ1n) is 7.00. The smallest absolute Gasteiger partial charge is 0.262 e. The van der Waals surface area contributed by atoms with E-state index in [0.717, 1.165) is 10.0 Å². The molecule has 2 N–H and O–H groups in total. The Morgan fingerprint density at radius 3 is 2.39 bits per heavy atom. The van der Waals surface area contributed by atoms with E-state index in [0.29, 0.717) is 5.56 Å². The summed E-state index contributed by atoms with van der Waals surface area (Å²) < 4.78 is 0.968. The van der Waals surface area contributed by atoms with Gasteiger partial charge in [-0.3, -0.25) is 9.59 Å². The summed E-state index contributed by atoms with van der Waals surface area (Å²) in [7, 11) is 0. The van der Waals surface area contributed by atoms with Crippen molar-refractivity contribution in [3.63, 3.8) is 0 Å². The average molecular weight is 374 g/mol. The van der Waals surface area contributed by atoms with E-state index in [1.807, 2.05) is 30.3 Å². The summed E-state index contributed by atoms with van der Waals surface area (Å²) in [4.78, 5) is 23.9. The number of halogens is 1. The molecule has 0 unspecified atom stereocenters. The van der Waals surface area contributed by atoms with Crippen LogP contribution in [-0.2, 0) is 4.79 Å². The minimum absolute atomic E-state index is 0.301. The Morgan fingerprint density at radius 1 is 1.09 bits per heavy atom. The number of rotatable bonds is 5. The fraction of sp³-hybridized carbons (Fsp3) is 0.118. The van der Waals surface area contributed by atoms with Gasteiger partial charge in [-0.15, -0.1) is 0 Å². The number of hydrazone groups is 1. The normalized spacial score (nSPS) is 11.9. The van der Waals surface area contributed by atoms with Crippen LogP contribution in [0.2, 0.25) is 0 Å². The lowest BCUT2D eigenvalue weighted by Crippen LogP contribution is -2.43. The molecule has 2 amide bonds. The molecule has 23 heavy (non-hydrogen) atoms. The lowest BCUT2D eigenvalue weighted by atomic mass is 10.2. The third-order valence-corrected chi connectivity index (χ3v) is 3.56. The van der Waals surface area contributed by atoms with Gasteiger partial charge in [-0.1, -0.05) is 46.3 Å². The zero-order valence-corrected chi connectivity index (χ0v) is 14.1. The molecule has 0 radical (unpaired) electrons. The van der Waals surface area contributed by atoms with Gasteiger partial charge in [0.15, 0.2) is 0 Å².